The standard InChI is InChI=1S/C12H19N3O2/c1-8(7-13)9-14-10(16)12(11(17)15-9)5-3-2-4-6-12/h8H,2-7,13H2,1H3,(H,14,15,16,17). The van der Waals surface area contributed by atoms with Gasteiger partial charge < -0.3 is 11.1 Å². The van der Waals surface area contributed by atoms with Crippen molar-refractivity contribution in [1.29, 1.82) is 0 Å². The van der Waals surface area contributed by atoms with E-state index in [4.69, 9.17) is 5.73 Å². The van der Waals surface area contributed by atoms with Crippen molar-refractivity contribution in [2.24, 2.45) is 22.1 Å². The summed E-state index contributed by atoms with van der Waals surface area (Å²) in [6, 6.07) is 0. The Hall–Kier alpha value is -1.23. The van der Waals surface area contributed by atoms with Gasteiger partial charge in [-0.2, -0.15) is 4.99 Å². The summed E-state index contributed by atoms with van der Waals surface area (Å²) in [4.78, 5) is 28.3. The fraction of sp³-hybridized carbons (Fsp3) is 0.750. The Morgan fingerprint density at radius 1 is 1.35 bits per heavy atom. The summed E-state index contributed by atoms with van der Waals surface area (Å²) in [5.41, 5.74) is 4.64. The fourth-order valence-corrected chi connectivity index (χ4v) is 2.52. The molecule has 2 rings (SSSR count). The normalized spacial score (nSPS) is 25.4. The van der Waals surface area contributed by atoms with Crippen LogP contribution in [0, 0.1) is 11.3 Å². The number of nitrogens with two attached hydrogens (primary N) is 1. The molecular formula is C12H19N3O2. The number of carbonyl (C=O) groups is 2. The van der Waals surface area contributed by atoms with Gasteiger partial charge in [-0.25, -0.2) is 0 Å². The first-order chi connectivity index (χ1) is 8.10. The van der Waals surface area contributed by atoms with E-state index in [2.05, 4.69) is 10.3 Å². The molecule has 5 nitrogen and oxygen atoms in total. The minimum absolute atomic E-state index is 0.0798. The predicted molar refractivity (Wildman–Crippen MR) is 64.3 cm³/mol. The van der Waals surface area contributed by atoms with Crippen LogP contribution in [-0.2, 0) is 9.59 Å². The van der Waals surface area contributed by atoms with E-state index < -0.39 is 5.41 Å². The lowest BCUT2D eigenvalue weighted by Gasteiger charge is -2.36. The predicted octanol–water partition coefficient (Wildman–Crippen LogP) is 0.587. The molecule has 1 aliphatic heterocycles. The fourth-order valence-electron chi connectivity index (χ4n) is 2.52. The Balaban J connectivity index is 2.26. The largest absolute Gasteiger partial charge is 0.330 e. The summed E-state index contributed by atoms with van der Waals surface area (Å²) in [6.07, 6.45) is 4.21. The maximum Gasteiger partial charge on any atom is 0.263 e. The Morgan fingerprint density at radius 2 is 2.00 bits per heavy atom. The molecule has 1 atom stereocenters. The third-order valence-corrected chi connectivity index (χ3v) is 3.84. The molecule has 1 fully saturated rings. The molecular weight excluding hydrogens is 218 g/mol. The summed E-state index contributed by atoms with van der Waals surface area (Å²) in [5, 5.41) is 2.77. The third-order valence-electron chi connectivity index (χ3n) is 3.84. The van der Waals surface area contributed by atoms with Crippen molar-refractivity contribution < 1.29 is 9.59 Å². The van der Waals surface area contributed by atoms with Gasteiger partial charge in [0.1, 0.15) is 11.3 Å². The molecule has 0 saturated heterocycles. The van der Waals surface area contributed by atoms with Gasteiger partial charge in [0, 0.05) is 12.5 Å². The number of nitrogens with zero attached hydrogens (tertiary/aromatic N) is 1. The van der Waals surface area contributed by atoms with Crippen LogP contribution in [0.1, 0.15) is 39.0 Å². The molecule has 17 heavy (non-hydrogen) atoms. The van der Waals surface area contributed by atoms with Gasteiger partial charge in [-0.3, -0.25) is 9.59 Å². The molecule has 5 heteroatoms. The van der Waals surface area contributed by atoms with Crippen LogP contribution in [0.4, 0.5) is 0 Å². The summed E-state index contributed by atoms with van der Waals surface area (Å²) in [6.45, 7) is 2.23. The van der Waals surface area contributed by atoms with Gasteiger partial charge >= 0.3 is 0 Å². The number of nitrogens with one attached hydrogen (secondary N) is 1. The first kappa shape index (κ1) is 12.2. The molecule has 2 aliphatic rings. The van der Waals surface area contributed by atoms with Crippen LogP contribution in [0.15, 0.2) is 4.99 Å². The number of rotatable bonds is 2. The lowest BCUT2D eigenvalue weighted by atomic mass is 9.72. The Bertz CT molecular complexity index is 370. The smallest absolute Gasteiger partial charge is 0.263 e. The average Bonchev–Trinajstić information content (AvgIpc) is 2.36. The van der Waals surface area contributed by atoms with E-state index in [-0.39, 0.29) is 17.7 Å². The molecule has 0 aromatic heterocycles. The van der Waals surface area contributed by atoms with Gasteiger partial charge in [-0.15, -0.1) is 0 Å². The topological polar surface area (TPSA) is 84.5 Å². The SMILES string of the molecule is CC(CN)C1=NC(=O)C2(CCCCC2)C(=O)N1. The van der Waals surface area contributed by atoms with Crippen LogP contribution in [0.5, 0.6) is 0 Å². The molecule has 0 aromatic rings. The van der Waals surface area contributed by atoms with Crippen molar-refractivity contribution in [3.8, 4) is 0 Å². The van der Waals surface area contributed by atoms with Gasteiger partial charge in [-0.1, -0.05) is 26.2 Å². The molecule has 94 valence electrons. The third kappa shape index (κ3) is 1.99. The van der Waals surface area contributed by atoms with E-state index in [1.807, 2.05) is 6.92 Å². The Labute approximate surface area is 101 Å². The number of aliphatic imine (C=N–C) groups is 1. The molecule has 3 N–H and O–H groups in total. The molecule has 1 saturated carbocycles. The highest BCUT2D eigenvalue weighted by Crippen LogP contribution is 2.39. The molecule has 2 amide bonds. The zero-order chi connectivity index (χ0) is 12.5. The molecule has 0 radical (unpaired) electrons. The number of amides is 2. The molecule has 0 aromatic carbocycles. The molecule has 1 unspecified atom stereocenters. The zero-order valence-corrected chi connectivity index (χ0v) is 10.2. The highest BCUT2D eigenvalue weighted by molar-refractivity contribution is 6.19. The van der Waals surface area contributed by atoms with Gasteiger partial charge in [0.2, 0.25) is 5.91 Å². The monoisotopic (exact) mass is 237 g/mol. The van der Waals surface area contributed by atoms with Crippen molar-refractivity contribution >= 4 is 17.6 Å². The van der Waals surface area contributed by atoms with Gasteiger partial charge in [0.25, 0.3) is 5.91 Å². The second-order valence-corrected chi connectivity index (χ2v) is 5.04. The van der Waals surface area contributed by atoms with Crippen LogP contribution < -0.4 is 11.1 Å². The van der Waals surface area contributed by atoms with Crippen LogP contribution >= 0.6 is 0 Å². The maximum atomic E-state index is 12.2. The summed E-state index contributed by atoms with van der Waals surface area (Å²) < 4.78 is 0. The lowest BCUT2D eigenvalue weighted by molar-refractivity contribution is -0.144. The van der Waals surface area contributed by atoms with E-state index >= 15 is 0 Å². The van der Waals surface area contributed by atoms with Crippen molar-refractivity contribution in [2.45, 2.75) is 39.0 Å². The van der Waals surface area contributed by atoms with Gasteiger partial charge in [0.05, 0.1) is 0 Å². The van der Waals surface area contributed by atoms with Crippen molar-refractivity contribution in [3.05, 3.63) is 0 Å². The minimum Gasteiger partial charge on any atom is -0.330 e. The highest BCUT2D eigenvalue weighted by atomic mass is 16.2. The quantitative estimate of drug-likeness (QED) is 0.689. The van der Waals surface area contributed by atoms with Crippen LogP contribution in [0.25, 0.3) is 0 Å². The first-order valence-corrected chi connectivity index (χ1v) is 6.25. The summed E-state index contributed by atoms with van der Waals surface area (Å²) >= 11 is 0. The molecule has 1 aliphatic carbocycles. The summed E-state index contributed by atoms with van der Waals surface area (Å²) in [5.74, 6) is -0.0914. The number of hydrogen-bond acceptors (Lipinski definition) is 3. The van der Waals surface area contributed by atoms with E-state index in [1.165, 1.54) is 0 Å². The minimum atomic E-state index is -0.879. The number of carbonyl (C=O) groups excluding carboxylic acids is 2. The second-order valence-electron chi connectivity index (χ2n) is 5.04. The second kappa shape index (κ2) is 4.56. The summed E-state index contributed by atoms with van der Waals surface area (Å²) in [7, 11) is 0. The van der Waals surface area contributed by atoms with E-state index in [0.29, 0.717) is 25.2 Å². The maximum absolute atomic E-state index is 12.2. The zero-order valence-electron chi connectivity index (χ0n) is 10.2. The number of amidine groups is 1. The Morgan fingerprint density at radius 3 is 2.53 bits per heavy atom. The molecule has 0 bridgehead atoms. The van der Waals surface area contributed by atoms with Crippen molar-refractivity contribution in [3.63, 3.8) is 0 Å². The van der Waals surface area contributed by atoms with Crippen LogP contribution in [-0.4, -0.2) is 24.2 Å². The van der Waals surface area contributed by atoms with Gasteiger partial charge in [0.15, 0.2) is 0 Å². The van der Waals surface area contributed by atoms with Crippen LogP contribution in [0.3, 0.4) is 0 Å². The van der Waals surface area contributed by atoms with Crippen LogP contribution in [0.2, 0.25) is 0 Å². The van der Waals surface area contributed by atoms with E-state index in [9.17, 15) is 9.59 Å². The van der Waals surface area contributed by atoms with Crippen molar-refractivity contribution in [1.82, 2.24) is 5.32 Å². The van der Waals surface area contributed by atoms with E-state index in [1.54, 1.807) is 0 Å². The first-order valence-electron chi connectivity index (χ1n) is 6.25. The van der Waals surface area contributed by atoms with Crippen molar-refractivity contribution in [2.75, 3.05) is 6.54 Å². The Kier molecular flexibility index (Phi) is 3.28. The average molecular weight is 237 g/mol. The van der Waals surface area contributed by atoms with E-state index in [0.717, 1.165) is 19.3 Å². The molecule has 1 heterocycles. The van der Waals surface area contributed by atoms with Gasteiger partial charge in [-0.05, 0) is 12.8 Å². The molecule has 1 spiro atoms. The lowest BCUT2D eigenvalue weighted by Crippen LogP contribution is -2.55. The highest BCUT2D eigenvalue weighted by Gasteiger charge is 2.49. The number of hydrogen-bond donors (Lipinski definition) is 2.